The highest BCUT2D eigenvalue weighted by Gasteiger charge is 2.15. The third-order valence-electron chi connectivity index (χ3n) is 3.40. The summed E-state index contributed by atoms with van der Waals surface area (Å²) in [5.74, 6) is 2.69. The minimum Gasteiger partial charge on any atom is -0.342 e. The van der Waals surface area contributed by atoms with Gasteiger partial charge in [0, 0.05) is 18.8 Å². The highest BCUT2D eigenvalue weighted by molar-refractivity contribution is 5.85. The lowest BCUT2D eigenvalue weighted by Gasteiger charge is -2.21. The number of H-pyrrole nitrogens is 1. The monoisotopic (exact) mass is 283 g/mol. The van der Waals surface area contributed by atoms with E-state index in [9.17, 15) is 0 Å². The normalized spacial score (nSPS) is 16.2. The maximum absolute atomic E-state index is 5.24. The van der Waals surface area contributed by atoms with Crippen LogP contribution in [-0.4, -0.2) is 33.2 Å². The van der Waals surface area contributed by atoms with Gasteiger partial charge in [0.1, 0.15) is 0 Å². The number of nitrogens with one attached hydrogen (secondary N) is 2. The first-order valence-corrected chi connectivity index (χ1v) is 6.45. The summed E-state index contributed by atoms with van der Waals surface area (Å²) >= 11 is 0. The molecule has 0 aliphatic carbocycles. The number of rotatable bonds is 4. The van der Waals surface area contributed by atoms with Crippen molar-refractivity contribution in [2.24, 2.45) is 5.92 Å². The first-order valence-electron chi connectivity index (χ1n) is 6.45. The number of hydrogen-bond acceptors (Lipinski definition) is 5. The number of nitrogens with zero attached hydrogens (tertiary/aromatic N) is 3. The van der Waals surface area contributed by atoms with E-state index >= 15 is 0 Å². The predicted molar refractivity (Wildman–Crippen MR) is 73.0 cm³/mol. The van der Waals surface area contributed by atoms with E-state index in [1.54, 1.807) is 12.4 Å². The second kappa shape index (κ2) is 6.68. The molecule has 1 aliphatic rings. The van der Waals surface area contributed by atoms with Crippen molar-refractivity contribution in [1.82, 2.24) is 25.4 Å². The van der Waals surface area contributed by atoms with Gasteiger partial charge in [0.2, 0.25) is 11.7 Å². The number of aromatic nitrogens is 4. The van der Waals surface area contributed by atoms with Crippen LogP contribution in [0.3, 0.4) is 0 Å². The largest absolute Gasteiger partial charge is 0.342 e. The number of halogens is 1. The van der Waals surface area contributed by atoms with Crippen molar-refractivity contribution in [3.8, 4) is 11.6 Å². The van der Waals surface area contributed by atoms with Crippen LogP contribution in [0.25, 0.3) is 11.6 Å². The molecule has 0 atom stereocenters. The van der Waals surface area contributed by atoms with Crippen molar-refractivity contribution in [2.75, 3.05) is 13.1 Å². The van der Waals surface area contributed by atoms with Crippen LogP contribution in [0, 0.1) is 5.92 Å². The SMILES string of the molecule is Cl.c1c[nH]c(-c2noc(CCC3CCNCC3)n2)n1. The zero-order valence-electron chi connectivity index (χ0n) is 10.6. The Bertz CT molecular complexity index is 478. The molecule has 1 fully saturated rings. The third-order valence-corrected chi connectivity index (χ3v) is 3.40. The van der Waals surface area contributed by atoms with Crippen molar-refractivity contribution in [3.63, 3.8) is 0 Å². The van der Waals surface area contributed by atoms with E-state index in [2.05, 4.69) is 25.4 Å². The summed E-state index contributed by atoms with van der Waals surface area (Å²) in [7, 11) is 0. The average molecular weight is 284 g/mol. The predicted octanol–water partition coefficient (Wildman–Crippen LogP) is 1.81. The van der Waals surface area contributed by atoms with Gasteiger partial charge in [0.15, 0.2) is 5.82 Å². The molecule has 3 heterocycles. The Balaban J connectivity index is 0.00000133. The van der Waals surface area contributed by atoms with E-state index in [1.165, 1.54) is 12.8 Å². The molecule has 0 spiro atoms. The van der Waals surface area contributed by atoms with Gasteiger partial charge in [0.05, 0.1) is 0 Å². The molecule has 7 heteroatoms. The smallest absolute Gasteiger partial charge is 0.238 e. The molecule has 0 amide bonds. The molecule has 3 rings (SSSR count). The highest BCUT2D eigenvalue weighted by Crippen LogP contribution is 2.19. The Morgan fingerprint density at radius 2 is 2.16 bits per heavy atom. The van der Waals surface area contributed by atoms with Crippen molar-refractivity contribution < 1.29 is 4.52 Å². The number of hydrogen-bond donors (Lipinski definition) is 2. The molecule has 104 valence electrons. The first-order chi connectivity index (χ1) is 8.92. The van der Waals surface area contributed by atoms with Crippen LogP contribution < -0.4 is 5.32 Å². The number of imidazole rings is 1. The average Bonchev–Trinajstić information content (AvgIpc) is 3.08. The van der Waals surface area contributed by atoms with Crippen LogP contribution >= 0.6 is 12.4 Å². The van der Waals surface area contributed by atoms with E-state index in [1.807, 2.05) is 0 Å². The molecule has 0 saturated carbocycles. The fraction of sp³-hybridized carbons (Fsp3) is 0.583. The van der Waals surface area contributed by atoms with Gasteiger partial charge in [-0.05, 0) is 38.3 Å². The lowest BCUT2D eigenvalue weighted by molar-refractivity contribution is 0.324. The molecule has 2 aromatic rings. The Morgan fingerprint density at radius 3 is 2.89 bits per heavy atom. The van der Waals surface area contributed by atoms with E-state index in [-0.39, 0.29) is 12.4 Å². The summed E-state index contributed by atoms with van der Waals surface area (Å²) < 4.78 is 5.24. The lowest BCUT2D eigenvalue weighted by atomic mass is 9.93. The molecule has 2 N–H and O–H groups in total. The summed E-state index contributed by atoms with van der Waals surface area (Å²) in [5.41, 5.74) is 0. The van der Waals surface area contributed by atoms with Gasteiger partial charge in [-0.3, -0.25) is 0 Å². The second-order valence-electron chi connectivity index (χ2n) is 4.68. The van der Waals surface area contributed by atoms with Gasteiger partial charge in [-0.1, -0.05) is 5.16 Å². The maximum atomic E-state index is 5.24. The lowest BCUT2D eigenvalue weighted by Crippen LogP contribution is -2.27. The Labute approximate surface area is 117 Å². The summed E-state index contributed by atoms with van der Waals surface area (Å²) in [6.07, 6.45) is 7.92. The topological polar surface area (TPSA) is 79.6 Å². The van der Waals surface area contributed by atoms with Crippen LogP contribution in [0.1, 0.15) is 25.2 Å². The minimum absolute atomic E-state index is 0. The van der Waals surface area contributed by atoms with E-state index in [4.69, 9.17) is 4.52 Å². The molecule has 0 radical (unpaired) electrons. The summed E-state index contributed by atoms with van der Waals surface area (Å²) in [4.78, 5) is 11.4. The van der Waals surface area contributed by atoms with Gasteiger partial charge in [-0.15, -0.1) is 12.4 Å². The molecule has 6 nitrogen and oxygen atoms in total. The summed E-state index contributed by atoms with van der Waals surface area (Å²) in [5, 5.41) is 7.30. The highest BCUT2D eigenvalue weighted by atomic mass is 35.5. The van der Waals surface area contributed by atoms with E-state index in [0.717, 1.165) is 31.8 Å². The molecular formula is C12H18ClN5O. The molecule has 2 aromatic heterocycles. The van der Waals surface area contributed by atoms with Crippen LogP contribution in [0.15, 0.2) is 16.9 Å². The van der Waals surface area contributed by atoms with Crippen LogP contribution in [0.2, 0.25) is 0 Å². The van der Waals surface area contributed by atoms with Gasteiger partial charge in [-0.25, -0.2) is 4.98 Å². The summed E-state index contributed by atoms with van der Waals surface area (Å²) in [6, 6.07) is 0. The number of aromatic amines is 1. The molecule has 0 unspecified atom stereocenters. The van der Waals surface area contributed by atoms with Gasteiger partial charge in [-0.2, -0.15) is 4.98 Å². The van der Waals surface area contributed by atoms with Crippen LogP contribution in [0.4, 0.5) is 0 Å². The molecule has 1 aliphatic heterocycles. The van der Waals surface area contributed by atoms with Crippen molar-refractivity contribution in [1.29, 1.82) is 0 Å². The molecule has 1 saturated heterocycles. The molecule has 19 heavy (non-hydrogen) atoms. The molecule has 0 aromatic carbocycles. The van der Waals surface area contributed by atoms with Crippen LogP contribution in [-0.2, 0) is 6.42 Å². The van der Waals surface area contributed by atoms with E-state index in [0.29, 0.717) is 17.5 Å². The van der Waals surface area contributed by atoms with Gasteiger partial charge in [0.25, 0.3) is 0 Å². The number of piperidine rings is 1. The van der Waals surface area contributed by atoms with Crippen LogP contribution in [0.5, 0.6) is 0 Å². The zero-order chi connectivity index (χ0) is 12.2. The second-order valence-corrected chi connectivity index (χ2v) is 4.68. The third kappa shape index (κ3) is 3.54. The van der Waals surface area contributed by atoms with E-state index < -0.39 is 0 Å². The van der Waals surface area contributed by atoms with Gasteiger partial charge >= 0.3 is 0 Å². The van der Waals surface area contributed by atoms with Crippen molar-refractivity contribution >= 4 is 12.4 Å². The number of aryl methyl sites for hydroxylation is 1. The molecule has 0 bridgehead atoms. The Kier molecular flexibility index (Phi) is 4.93. The van der Waals surface area contributed by atoms with Crippen molar-refractivity contribution in [2.45, 2.75) is 25.7 Å². The quantitative estimate of drug-likeness (QED) is 0.895. The zero-order valence-corrected chi connectivity index (χ0v) is 11.4. The minimum atomic E-state index is 0. The molecular weight excluding hydrogens is 266 g/mol. The Hall–Kier alpha value is -1.40. The Morgan fingerprint density at radius 1 is 1.32 bits per heavy atom. The van der Waals surface area contributed by atoms with Crippen molar-refractivity contribution in [3.05, 3.63) is 18.3 Å². The summed E-state index contributed by atoms with van der Waals surface area (Å²) in [6.45, 7) is 2.26. The fourth-order valence-corrected chi connectivity index (χ4v) is 2.34. The standard InChI is InChI=1S/C12H17N5O.ClH/c1(9-3-5-13-6-4-9)2-10-16-12(17-18-10)11-14-7-8-15-11;/h7-9,13H,1-6H2,(H,14,15);1H. The fourth-order valence-electron chi connectivity index (χ4n) is 2.34. The van der Waals surface area contributed by atoms with Gasteiger partial charge < -0.3 is 14.8 Å². The maximum Gasteiger partial charge on any atom is 0.238 e. The first kappa shape index (κ1) is 14.0.